The number of thiophene rings is 1. The summed E-state index contributed by atoms with van der Waals surface area (Å²) in [5, 5.41) is 4.04. The highest BCUT2D eigenvalue weighted by atomic mass is 32.1. The summed E-state index contributed by atoms with van der Waals surface area (Å²) in [5.41, 5.74) is 8.73. The summed E-state index contributed by atoms with van der Waals surface area (Å²) < 4.78 is 5.27. The summed E-state index contributed by atoms with van der Waals surface area (Å²) in [6.07, 6.45) is 4.65. The fourth-order valence-corrected chi connectivity index (χ4v) is 4.63. The first-order chi connectivity index (χ1) is 11.5. The normalized spacial score (nSPS) is 21.1. The van der Waals surface area contributed by atoms with Gasteiger partial charge in [0.15, 0.2) is 0 Å². The number of aryl methyl sites for hydroxylation is 1. The molecular formula is C18H25N3O2S. The molecule has 1 saturated carbocycles. The number of carbonyl (C=O) groups is 1. The number of nitrogens with one attached hydrogen (secondary N) is 1. The minimum Gasteiger partial charge on any atom is -0.397 e. The van der Waals surface area contributed by atoms with Crippen LogP contribution in [0.5, 0.6) is 0 Å². The Kier molecular flexibility index (Phi) is 5.06. The number of hydrogen-bond acceptors (Lipinski definition) is 5. The van der Waals surface area contributed by atoms with Crippen LogP contribution in [0.25, 0.3) is 10.2 Å². The van der Waals surface area contributed by atoms with E-state index in [1.165, 1.54) is 30.6 Å². The summed E-state index contributed by atoms with van der Waals surface area (Å²) >= 11 is 1.37. The molecule has 1 aliphatic carbocycles. The van der Waals surface area contributed by atoms with Gasteiger partial charge in [0.05, 0.1) is 12.3 Å². The van der Waals surface area contributed by atoms with E-state index in [0.717, 1.165) is 27.9 Å². The number of carbonyl (C=O) groups excluding carboxylic acids is 1. The number of rotatable bonds is 4. The quantitative estimate of drug-likeness (QED) is 0.885. The second-order valence-corrected chi connectivity index (χ2v) is 7.72. The van der Waals surface area contributed by atoms with Crippen LogP contribution in [0.2, 0.25) is 0 Å². The van der Waals surface area contributed by atoms with Crippen LogP contribution in [0.4, 0.5) is 5.69 Å². The lowest BCUT2D eigenvalue weighted by Gasteiger charge is -2.29. The lowest BCUT2D eigenvalue weighted by Crippen LogP contribution is -2.40. The molecule has 0 aromatic carbocycles. The molecule has 3 rings (SSSR count). The molecule has 1 aliphatic rings. The molecule has 130 valence electrons. The number of nitrogens with zero attached hydrogens (tertiary/aromatic N) is 1. The van der Waals surface area contributed by atoms with E-state index < -0.39 is 0 Å². The monoisotopic (exact) mass is 347 g/mol. The third-order valence-corrected chi connectivity index (χ3v) is 5.94. The van der Waals surface area contributed by atoms with Crippen molar-refractivity contribution in [3.8, 4) is 0 Å². The van der Waals surface area contributed by atoms with Crippen molar-refractivity contribution in [2.45, 2.75) is 52.2 Å². The van der Waals surface area contributed by atoms with Gasteiger partial charge in [-0.05, 0) is 37.3 Å². The number of nitrogen functional groups attached to an aromatic ring is 1. The van der Waals surface area contributed by atoms with Crippen LogP contribution >= 0.6 is 11.3 Å². The molecule has 6 heteroatoms. The Hall–Kier alpha value is -1.66. The third kappa shape index (κ3) is 3.26. The molecule has 0 aliphatic heterocycles. The van der Waals surface area contributed by atoms with E-state index in [1.807, 2.05) is 13.0 Å². The summed E-state index contributed by atoms with van der Waals surface area (Å²) in [6.45, 7) is 4.61. The second-order valence-electron chi connectivity index (χ2n) is 6.72. The summed E-state index contributed by atoms with van der Waals surface area (Å²) in [6, 6.07) is 2.21. The smallest absolute Gasteiger partial charge is 0.263 e. The average molecular weight is 347 g/mol. The fourth-order valence-electron chi connectivity index (χ4n) is 3.54. The first kappa shape index (κ1) is 17.2. The van der Waals surface area contributed by atoms with E-state index in [9.17, 15) is 4.79 Å². The average Bonchev–Trinajstić information content (AvgIpc) is 2.86. The summed E-state index contributed by atoms with van der Waals surface area (Å²) in [7, 11) is 1.65. The lowest BCUT2D eigenvalue weighted by atomic mass is 9.86. The maximum Gasteiger partial charge on any atom is 0.263 e. The van der Waals surface area contributed by atoms with E-state index in [2.05, 4.69) is 17.2 Å². The molecule has 1 fully saturated rings. The van der Waals surface area contributed by atoms with Gasteiger partial charge in [-0.1, -0.05) is 19.8 Å². The van der Waals surface area contributed by atoms with Gasteiger partial charge in [-0.25, -0.2) is 4.98 Å². The minimum absolute atomic E-state index is 0.0738. The predicted molar refractivity (Wildman–Crippen MR) is 98.4 cm³/mol. The number of methoxy groups -OCH3 is 1. The van der Waals surface area contributed by atoms with Gasteiger partial charge in [0.1, 0.15) is 9.71 Å². The minimum atomic E-state index is -0.0738. The van der Waals surface area contributed by atoms with Crippen molar-refractivity contribution in [1.29, 1.82) is 0 Å². The molecule has 0 radical (unpaired) electrons. The largest absolute Gasteiger partial charge is 0.397 e. The van der Waals surface area contributed by atoms with Gasteiger partial charge in [-0.2, -0.15) is 0 Å². The number of amides is 1. The summed E-state index contributed by atoms with van der Waals surface area (Å²) in [5.74, 6) is 0.443. The second kappa shape index (κ2) is 7.07. The molecule has 0 spiro atoms. The van der Waals surface area contributed by atoms with Crippen LogP contribution in [0, 0.1) is 12.8 Å². The highest BCUT2D eigenvalue weighted by molar-refractivity contribution is 7.21. The van der Waals surface area contributed by atoms with Crippen molar-refractivity contribution in [1.82, 2.24) is 10.3 Å². The molecule has 0 unspecified atom stereocenters. The Labute approximate surface area is 146 Å². The topological polar surface area (TPSA) is 77.2 Å². The van der Waals surface area contributed by atoms with Gasteiger partial charge in [0.25, 0.3) is 5.91 Å². The van der Waals surface area contributed by atoms with Crippen molar-refractivity contribution in [3.05, 3.63) is 22.2 Å². The predicted octanol–water partition coefficient (Wildman–Crippen LogP) is 3.64. The van der Waals surface area contributed by atoms with Crippen LogP contribution in [0.15, 0.2) is 6.07 Å². The molecule has 2 aromatic rings. The molecule has 0 saturated heterocycles. The van der Waals surface area contributed by atoms with Crippen molar-refractivity contribution in [2.75, 3.05) is 12.8 Å². The van der Waals surface area contributed by atoms with Crippen LogP contribution in [-0.2, 0) is 11.3 Å². The van der Waals surface area contributed by atoms with E-state index in [0.29, 0.717) is 23.1 Å². The fraction of sp³-hybridized carbons (Fsp3) is 0.556. The molecule has 3 N–H and O–H groups in total. The first-order valence-electron chi connectivity index (χ1n) is 8.49. The molecule has 5 nitrogen and oxygen atoms in total. The molecule has 2 atom stereocenters. The lowest BCUT2D eigenvalue weighted by molar-refractivity contribution is 0.0915. The summed E-state index contributed by atoms with van der Waals surface area (Å²) in [4.78, 5) is 18.7. The standard InChI is InChI=1S/C18H25N3O2S/c1-10-6-4-5-7-13(10)21-17(22)16-15(19)14-12(9-23-3)8-11(2)20-18(14)24-16/h8,10,13H,4-7,9,19H2,1-3H3,(H,21,22)/t10-,13-/m0/s1. The Morgan fingerprint density at radius 2 is 2.21 bits per heavy atom. The Morgan fingerprint density at radius 1 is 1.46 bits per heavy atom. The maximum atomic E-state index is 12.8. The van der Waals surface area contributed by atoms with Crippen LogP contribution in [0.3, 0.4) is 0 Å². The maximum absolute atomic E-state index is 12.8. The number of ether oxygens (including phenoxy) is 1. The van der Waals surface area contributed by atoms with Crippen molar-refractivity contribution in [2.24, 2.45) is 5.92 Å². The number of hydrogen-bond donors (Lipinski definition) is 2. The molecule has 24 heavy (non-hydrogen) atoms. The van der Waals surface area contributed by atoms with E-state index >= 15 is 0 Å². The van der Waals surface area contributed by atoms with E-state index in [-0.39, 0.29) is 11.9 Å². The molecular weight excluding hydrogens is 322 g/mol. The third-order valence-electron chi connectivity index (χ3n) is 4.84. The van der Waals surface area contributed by atoms with Gasteiger partial charge in [0, 0.05) is 24.2 Å². The molecule has 2 aromatic heterocycles. The van der Waals surface area contributed by atoms with Crippen LogP contribution in [-0.4, -0.2) is 24.0 Å². The number of fused-ring (bicyclic) bond motifs is 1. The molecule has 0 bridgehead atoms. The van der Waals surface area contributed by atoms with E-state index in [1.54, 1.807) is 7.11 Å². The zero-order chi connectivity index (χ0) is 17.3. The van der Waals surface area contributed by atoms with E-state index in [4.69, 9.17) is 10.5 Å². The first-order valence-corrected chi connectivity index (χ1v) is 9.31. The van der Waals surface area contributed by atoms with Gasteiger partial charge >= 0.3 is 0 Å². The zero-order valence-electron chi connectivity index (χ0n) is 14.5. The number of pyridine rings is 1. The zero-order valence-corrected chi connectivity index (χ0v) is 15.3. The number of aromatic nitrogens is 1. The van der Waals surface area contributed by atoms with Crippen molar-refractivity contribution in [3.63, 3.8) is 0 Å². The molecule has 2 heterocycles. The Balaban J connectivity index is 1.93. The highest BCUT2D eigenvalue weighted by Crippen LogP contribution is 2.36. The van der Waals surface area contributed by atoms with Gasteiger partial charge in [-0.15, -0.1) is 11.3 Å². The van der Waals surface area contributed by atoms with Crippen LogP contribution in [0.1, 0.15) is 53.5 Å². The van der Waals surface area contributed by atoms with Crippen molar-refractivity contribution < 1.29 is 9.53 Å². The number of anilines is 1. The van der Waals surface area contributed by atoms with Gasteiger partial charge in [0.2, 0.25) is 0 Å². The highest BCUT2D eigenvalue weighted by Gasteiger charge is 2.26. The van der Waals surface area contributed by atoms with Crippen molar-refractivity contribution >= 4 is 33.1 Å². The number of nitrogens with two attached hydrogens (primary N) is 1. The van der Waals surface area contributed by atoms with Gasteiger partial charge in [-0.3, -0.25) is 4.79 Å². The molecule has 1 amide bonds. The Bertz CT molecular complexity index is 756. The Morgan fingerprint density at radius 3 is 2.92 bits per heavy atom. The van der Waals surface area contributed by atoms with Crippen LogP contribution < -0.4 is 11.1 Å². The SMILES string of the molecule is COCc1cc(C)nc2sc(C(=O)N[C@H]3CCCC[C@@H]3C)c(N)c12. The van der Waals surface area contributed by atoms with Gasteiger partial charge < -0.3 is 15.8 Å².